The first kappa shape index (κ1) is 43.6. The first-order valence-electron chi connectivity index (χ1n) is 17.8. The topological polar surface area (TPSA) is 154 Å². The van der Waals surface area contributed by atoms with E-state index in [4.69, 9.17) is 23.7 Å². The summed E-state index contributed by atoms with van der Waals surface area (Å²) in [6.45, 7) is 12.4. The lowest BCUT2D eigenvalue weighted by molar-refractivity contribution is -0.135. The number of amides is 3. The van der Waals surface area contributed by atoms with Crippen molar-refractivity contribution in [1.82, 2.24) is 16.0 Å². The Labute approximate surface area is 303 Å². The third-order valence-corrected chi connectivity index (χ3v) is 9.51. The zero-order valence-corrected chi connectivity index (χ0v) is 31.9. The molecule has 0 saturated carbocycles. The molecule has 1 aromatic carbocycles. The van der Waals surface area contributed by atoms with Gasteiger partial charge in [0, 0.05) is 20.0 Å². The van der Waals surface area contributed by atoms with Crippen molar-refractivity contribution in [3.63, 3.8) is 0 Å². The van der Waals surface area contributed by atoms with Crippen LogP contribution in [0.5, 0.6) is 0 Å². The van der Waals surface area contributed by atoms with Crippen LogP contribution in [0.3, 0.4) is 0 Å². The molecule has 1 aliphatic heterocycles. The van der Waals surface area contributed by atoms with E-state index in [0.29, 0.717) is 77.0 Å². The molecule has 1 unspecified atom stereocenters. The number of nitrogens with one attached hydrogen (secondary N) is 3. The van der Waals surface area contributed by atoms with Crippen molar-refractivity contribution in [1.29, 1.82) is 0 Å². The van der Waals surface area contributed by atoms with Gasteiger partial charge in [-0.1, -0.05) is 58.0 Å². The zero-order valence-electron chi connectivity index (χ0n) is 31.1. The number of carbonyl (C=O) groups is 4. The Morgan fingerprint density at radius 3 is 1.96 bits per heavy atom. The van der Waals surface area contributed by atoms with Crippen molar-refractivity contribution in [2.75, 3.05) is 66.2 Å². The molecule has 2 rings (SSSR count). The largest absolute Gasteiger partial charge is 0.382 e. The van der Waals surface area contributed by atoms with E-state index in [1.807, 2.05) is 44.2 Å². The molecule has 13 heteroatoms. The number of methoxy groups -OCH3 is 2. The summed E-state index contributed by atoms with van der Waals surface area (Å²) in [7, 11) is 3.06. The van der Waals surface area contributed by atoms with Gasteiger partial charge in [0.2, 0.25) is 17.7 Å². The summed E-state index contributed by atoms with van der Waals surface area (Å²) in [6, 6.07) is 7.25. The van der Waals surface area contributed by atoms with E-state index in [0.717, 1.165) is 12.0 Å². The van der Waals surface area contributed by atoms with Crippen molar-refractivity contribution >= 4 is 35.3 Å². The highest BCUT2D eigenvalue weighted by Gasteiger charge is 2.50. The normalized spacial score (nSPS) is 17.9. The Balaban J connectivity index is 2.09. The van der Waals surface area contributed by atoms with Crippen LogP contribution in [0.4, 0.5) is 0 Å². The number of hydrogen-bond donors (Lipinski definition) is 3. The number of aryl methyl sites for hydroxylation is 1. The summed E-state index contributed by atoms with van der Waals surface area (Å²) in [4.78, 5) is 54.2. The maximum Gasteiger partial charge on any atom is 0.245 e. The number of thioether (sulfide) groups is 1. The summed E-state index contributed by atoms with van der Waals surface area (Å²) in [5, 5.41) is 8.19. The van der Waals surface area contributed by atoms with Crippen LogP contribution in [-0.4, -0.2) is 119 Å². The highest BCUT2D eigenvalue weighted by Crippen LogP contribution is 2.29. The van der Waals surface area contributed by atoms with Crippen molar-refractivity contribution in [2.45, 2.75) is 95.7 Å². The van der Waals surface area contributed by atoms with Crippen LogP contribution in [0, 0.1) is 11.8 Å². The average Bonchev–Trinajstić information content (AvgIpc) is 3.84. The first-order valence-corrected chi connectivity index (χ1v) is 18.8. The third-order valence-electron chi connectivity index (χ3n) is 8.25. The Kier molecular flexibility index (Phi) is 20.8. The molecule has 0 aliphatic carbocycles. The van der Waals surface area contributed by atoms with Gasteiger partial charge in [-0.15, -0.1) is 11.8 Å². The van der Waals surface area contributed by atoms with Gasteiger partial charge in [-0.3, -0.25) is 19.2 Å². The SMILES string of the molecule is COCCOCCOCCS[C@@H](CCc1ccccc1)C(=O)NC(CC(C)C)C(=O)N[C@@H](COC)C(=O)N[C@@H](CCC(C)C)C(=O)[C@@]1(C)CO1. The molecule has 284 valence electrons. The van der Waals surface area contributed by atoms with E-state index in [2.05, 4.69) is 29.8 Å². The van der Waals surface area contributed by atoms with Crippen LogP contribution >= 0.6 is 11.8 Å². The van der Waals surface area contributed by atoms with Crippen LogP contribution in [0.15, 0.2) is 30.3 Å². The van der Waals surface area contributed by atoms with E-state index in [1.165, 1.54) is 18.9 Å². The number of Topliss-reactive ketones (excluding diaryl/α,β-unsaturated/α-hetero) is 1. The minimum atomic E-state index is -1.07. The van der Waals surface area contributed by atoms with Crippen LogP contribution in [0.25, 0.3) is 0 Å². The maximum atomic E-state index is 13.8. The minimum Gasteiger partial charge on any atom is -0.382 e. The standard InChI is InChI=1S/C37H61N3O9S/c1-26(2)13-15-29(33(41)37(5)25-49-37)38-35(43)31(24-46-7)40-34(42)30(23-27(3)4)39-36(44)32(16-14-28-11-9-8-10-12-28)50-22-21-48-20-19-47-18-17-45-6/h8-12,26-27,29-32H,13-25H2,1-7H3,(H,38,43)(H,39,44)(H,40,42)/t29-,30?,31-,32-,37+/m0/s1. The van der Waals surface area contributed by atoms with Gasteiger partial charge in [-0.2, -0.15) is 0 Å². The smallest absolute Gasteiger partial charge is 0.245 e. The lowest BCUT2D eigenvalue weighted by Crippen LogP contribution is -2.58. The number of rotatable bonds is 28. The molecule has 1 fully saturated rings. The summed E-state index contributed by atoms with van der Waals surface area (Å²) in [5.41, 5.74) is 0.217. The average molecular weight is 724 g/mol. The van der Waals surface area contributed by atoms with Crippen LogP contribution in [0.2, 0.25) is 0 Å². The zero-order chi connectivity index (χ0) is 36.9. The van der Waals surface area contributed by atoms with E-state index in [1.54, 1.807) is 14.0 Å². The highest BCUT2D eigenvalue weighted by atomic mass is 32.2. The molecule has 0 aromatic heterocycles. The molecule has 50 heavy (non-hydrogen) atoms. The van der Waals surface area contributed by atoms with Gasteiger partial charge in [0.25, 0.3) is 0 Å². The number of benzene rings is 1. The van der Waals surface area contributed by atoms with Gasteiger partial charge in [0.05, 0.1) is 57.5 Å². The molecule has 5 atom stereocenters. The lowest BCUT2D eigenvalue weighted by atomic mass is 9.94. The van der Waals surface area contributed by atoms with Gasteiger partial charge < -0.3 is 39.6 Å². The molecular formula is C37H61N3O9S. The minimum absolute atomic E-state index is 0.0769. The molecule has 1 saturated heterocycles. The van der Waals surface area contributed by atoms with Gasteiger partial charge in [-0.05, 0) is 56.4 Å². The van der Waals surface area contributed by atoms with Crippen LogP contribution in [0.1, 0.15) is 65.9 Å². The second-order valence-electron chi connectivity index (χ2n) is 13.7. The van der Waals surface area contributed by atoms with E-state index < -0.39 is 40.8 Å². The van der Waals surface area contributed by atoms with E-state index in [9.17, 15) is 19.2 Å². The number of ketones is 1. The Hall–Kier alpha value is -2.55. The van der Waals surface area contributed by atoms with Crippen molar-refractivity contribution in [3.05, 3.63) is 35.9 Å². The van der Waals surface area contributed by atoms with Gasteiger partial charge >= 0.3 is 0 Å². The van der Waals surface area contributed by atoms with E-state index >= 15 is 0 Å². The predicted molar refractivity (Wildman–Crippen MR) is 195 cm³/mol. The maximum absolute atomic E-state index is 13.8. The van der Waals surface area contributed by atoms with Crippen molar-refractivity contribution in [2.24, 2.45) is 11.8 Å². The Morgan fingerprint density at radius 2 is 1.36 bits per heavy atom. The third kappa shape index (κ3) is 17.1. The molecular weight excluding hydrogens is 662 g/mol. The number of hydrogen-bond acceptors (Lipinski definition) is 10. The summed E-state index contributed by atoms with van der Waals surface area (Å²) in [5.74, 6) is -0.454. The van der Waals surface area contributed by atoms with Gasteiger partial charge in [0.1, 0.15) is 17.7 Å². The molecule has 0 radical (unpaired) electrons. The summed E-state index contributed by atoms with van der Waals surface area (Å²) < 4.78 is 26.8. The predicted octanol–water partition coefficient (Wildman–Crippen LogP) is 3.34. The molecule has 1 aliphatic rings. The molecule has 1 heterocycles. The fraction of sp³-hybridized carbons (Fsp3) is 0.730. The number of epoxide rings is 1. The molecule has 12 nitrogen and oxygen atoms in total. The van der Waals surface area contributed by atoms with Crippen LogP contribution < -0.4 is 16.0 Å². The number of carbonyl (C=O) groups excluding carboxylic acids is 4. The summed E-state index contributed by atoms with van der Waals surface area (Å²) in [6.07, 6.45) is 2.82. The molecule has 3 N–H and O–H groups in total. The van der Waals surface area contributed by atoms with Crippen molar-refractivity contribution < 1.29 is 42.9 Å². The fourth-order valence-corrected chi connectivity index (χ4v) is 6.20. The fourth-order valence-electron chi connectivity index (χ4n) is 5.20. The highest BCUT2D eigenvalue weighted by molar-refractivity contribution is 8.00. The van der Waals surface area contributed by atoms with Gasteiger partial charge in [0.15, 0.2) is 5.78 Å². The monoisotopic (exact) mass is 723 g/mol. The summed E-state index contributed by atoms with van der Waals surface area (Å²) >= 11 is 1.49. The molecule has 3 amide bonds. The molecule has 0 bridgehead atoms. The number of ether oxygens (including phenoxy) is 5. The quantitative estimate of drug-likeness (QED) is 0.0867. The van der Waals surface area contributed by atoms with Crippen molar-refractivity contribution in [3.8, 4) is 0 Å². The van der Waals surface area contributed by atoms with E-state index in [-0.39, 0.29) is 24.2 Å². The Bertz CT molecular complexity index is 1150. The second-order valence-corrected chi connectivity index (χ2v) is 15.0. The lowest BCUT2D eigenvalue weighted by Gasteiger charge is -2.27. The molecule has 0 spiro atoms. The molecule has 1 aromatic rings. The van der Waals surface area contributed by atoms with Gasteiger partial charge in [-0.25, -0.2) is 0 Å². The first-order chi connectivity index (χ1) is 23.9. The van der Waals surface area contributed by atoms with Crippen LogP contribution in [-0.2, 0) is 49.3 Å². The Morgan fingerprint density at radius 1 is 0.760 bits per heavy atom. The second kappa shape index (κ2) is 23.8.